The van der Waals surface area contributed by atoms with Crippen LogP contribution in [0, 0.1) is 6.92 Å². The van der Waals surface area contributed by atoms with E-state index in [1.165, 1.54) is 6.92 Å². The van der Waals surface area contributed by atoms with E-state index in [-0.39, 0.29) is 5.91 Å². The summed E-state index contributed by atoms with van der Waals surface area (Å²) in [6.45, 7) is 11.9. The molecule has 0 bridgehead atoms. The van der Waals surface area contributed by atoms with Crippen molar-refractivity contribution >= 4 is 19.1 Å². The fraction of sp³-hybridized carbons (Fsp3) is 0.529. The summed E-state index contributed by atoms with van der Waals surface area (Å²) in [6, 6.07) is 3.90. The average molecular weight is 316 g/mol. The molecule has 0 atom stereocenters. The average Bonchev–Trinajstić information content (AvgIpc) is 2.65. The molecule has 1 fully saturated rings. The van der Waals surface area contributed by atoms with Crippen molar-refractivity contribution in [3.05, 3.63) is 35.1 Å². The van der Waals surface area contributed by atoms with Gasteiger partial charge in [0.1, 0.15) is 0 Å². The van der Waals surface area contributed by atoms with Crippen molar-refractivity contribution in [1.29, 1.82) is 0 Å². The molecule has 1 aromatic heterocycles. The molecule has 23 heavy (non-hydrogen) atoms. The lowest BCUT2D eigenvalue weighted by atomic mass is 9.77. The van der Waals surface area contributed by atoms with Crippen LogP contribution in [0.25, 0.3) is 6.08 Å². The van der Waals surface area contributed by atoms with Gasteiger partial charge < -0.3 is 14.6 Å². The highest BCUT2D eigenvalue weighted by Gasteiger charge is 2.52. The van der Waals surface area contributed by atoms with Gasteiger partial charge >= 0.3 is 7.12 Å². The first-order chi connectivity index (χ1) is 10.6. The van der Waals surface area contributed by atoms with Crippen LogP contribution in [0.15, 0.2) is 23.8 Å². The number of hydrogen-bond acceptors (Lipinski definition) is 4. The van der Waals surface area contributed by atoms with Gasteiger partial charge in [0.15, 0.2) is 0 Å². The first kappa shape index (κ1) is 17.7. The Bertz CT molecular complexity index is 610. The molecule has 5 nitrogen and oxygen atoms in total. The zero-order valence-electron chi connectivity index (χ0n) is 14.8. The number of nitrogens with one attached hydrogen (secondary N) is 1. The zero-order chi connectivity index (χ0) is 17.3. The first-order valence-electron chi connectivity index (χ1n) is 7.84. The van der Waals surface area contributed by atoms with E-state index in [1.54, 1.807) is 6.20 Å². The van der Waals surface area contributed by atoms with E-state index >= 15 is 0 Å². The standard InChI is InChI=1S/C17H25BN2O3/c1-12-8-7-9-19-15(12)10-14(11-20-13(2)21)18-22-16(3,4)17(5,6)23-18/h7-10H,11H2,1-6H3,(H,20,21). The fourth-order valence-electron chi connectivity index (χ4n) is 2.25. The van der Waals surface area contributed by atoms with Crippen molar-refractivity contribution in [2.75, 3.05) is 6.54 Å². The van der Waals surface area contributed by atoms with Gasteiger partial charge in [-0.25, -0.2) is 0 Å². The van der Waals surface area contributed by atoms with E-state index in [9.17, 15) is 4.79 Å². The largest absolute Gasteiger partial charge is 0.492 e. The smallest absolute Gasteiger partial charge is 0.400 e. The van der Waals surface area contributed by atoms with Crippen LogP contribution < -0.4 is 5.32 Å². The van der Waals surface area contributed by atoms with Gasteiger partial charge in [-0.1, -0.05) is 6.07 Å². The van der Waals surface area contributed by atoms with Gasteiger partial charge in [0.2, 0.25) is 5.91 Å². The van der Waals surface area contributed by atoms with E-state index < -0.39 is 18.3 Å². The van der Waals surface area contributed by atoms with E-state index in [0.29, 0.717) is 6.54 Å². The van der Waals surface area contributed by atoms with Crippen LogP contribution in [0.4, 0.5) is 0 Å². The van der Waals surface area contributed by atoms with Crippen molar-refractivity contribution in [1.82, 2.24) is 10.3 Å². The topological polar surface area (TPSA) is 60.5 Å². The van der Waals surface area contributed by atoms with Gasteiger partial charge in [0.05, 0.1) is 16.9 Å². The maximum Gasteiger partial charge on any atom is 0.492 e. The minimum atomic E-state index is -0.506. The van der Waals surface area contributed by atoms with Crippen molar-refractivity contribution in [2.45, 2.75) is 52.7 Å². The van der Waals surface area contributed by atoms with Crippen LogP contribution in [-0.2, 0) is 14.1 Å². The molecule has 0 saturated carbocycles. The monoisotopic (exact) mass is 316 g/mol. The summed E-state index contributed by atoms with van der Waals surface area (Å²) < 4.78 is 12.2. The molecular formula is C17H25BN2O3. The van der Waals surface area contributed by atoms with Crippen molar-refractivity contribution in [3.63, 3.8) is 0 Å². The number of aromatic nitrogens is 1. The molecule has 0 radical (unpaired) electrons. The predicted molar refractivity (Wildman–Crippen MR) is 91.7 cm³/mol. The summed E-state index contributed by atoms with van der Waals surface area (Å²) in [5.74, 6) is -0.0924. The normalized spacial score (nSPS) is 19.7. The molecule has 1 aromatic rings. The molecule has 6 heteroatoms. The van der Waals surface area contributed by atoms with Gasteiger partial charge in [-0.2, -0.15) is 0 Å². The molecule has 1 amide bonds. The Morgan fingerprint density at radius 1 is 1.30 bits per heavy atom. The maximum absolute atomic E-state index is 11.3. The summed E-state index contributed by atoms with van der Waals surface area (Å²) in [5.41, 5.74) is 1.91. The zero-order valence-corrected chi connectivity index (χ0v) is 14.8. The Morgan fingerprint density at radius 2 is 1.91 bits per heavy atom. The summed E-state index contributed by atoms with van der Waals surface area (Å²) in [5, 5.41) is 2.82. The minimum absolute atomic E-state index is 0.0924. The fourth-order valence-corrected chi connectivity index (χ4v) is 2.25. The summed E-state index contributed by atoms with van der Waals surface area (Å²) in [6.07, 6.45) is 3.69. The lowest BCUT2D eigenvalue weighted by Crippen LogP contribution is -2.41. The van der Waals surface area contributed by atoms with E-state index in [0.717, 1.165) is 16.7 Å². The number of hydrogen-bond donors (Lipinski definition) is 1. The van der Waals surface area contributed by atoms with Crippen LogP contribution in [0.3, 0.4) is 0 Å². The quantitative estimate of drug-likeness (QED) is 0.867. The van der Waals surface area contributed by atoms with Gasteiger partial charge in [0, 0.05) is 19.7 Å². The molecule has 1 aliphatic rings. The second-order valence-electron chi connectivity index (χ2n) is 6.92. The molecule has 1 aliphatic heterocycles. The van der Waals surface area contributed by atoms with Gasteiger partial charge in [-0.15, -0.1) is 0 Å². The Labute approximate surface area is 138 Å². The van der Waals surface area contributed by atoms with E-state index in [1.807, 2.05) is 52.8 Å². The maximum atomic E-state index is 11.3. The Kier molecular flexibility index (Phi) is 4.97. The molecule has 0 unspecified atom stereocenters. The van der Waals surface area contributed by atoms with Gasteiger partial charge in [-0.3, -0.25) is 9.78 Å². The van der Waals surface area contributed by atoms with Crippen LogP contribution >= 0.6 is 0 Å². The predicted octanol–water partition coefficient (Wildman–Crippen LogP) is 2.54. The molecular weight excluding hydrogens is 291 g/mol. The summed E-state index contributed by atoms with van der Waals surface area (Å²) in [7, 11) is -0.506. The van der Waals surface area contributed by atoms with Crippen molar-refractivity contribution < 1.29 is 14.1 Å². The SMILES string of the molecule is CC(=O)NCC(=Cc1ncccc1C)B1OC(C)(C)C(C)(C)O1. The number of amides is 1. The van der Waals surface area contributed by atoms with Gasteiger partial charge in [0.25, 0.3) is 0 Å². The van der Waals surface area contributed by atoms with Crippen LogP contribution in [0.2, 0.25) is 0 Å². The molecule has 0 aromatic carbocycles. The Hall–Kier alpha value is -1.66. The second kappa shape index (κ2) is 6.45. The highest BCUT2D eigenvalue weighted by Crippen LogP contribution is 2.38. The second-order valence-corrected chi connectivity index (χ2v) is 6.92. The number of carbonyl (C=O) groups excluding carboxylic acids is 1. The Balaban J connectivity index is 2.32. The highest BCUT2D eigenvalue weighted by molar-refractivity contribution is 6.56. The van der Waals surface area contributed by atoms with Crippen LogP contribution in [0.1, 0.15) is 45.9 Å². The molecule has 0 spiro atoms. The number of carbonyl (C=O) groups is 1. The minimum Gasteiger partial charge on any atom is -0.400 e. The first-order valence-corrected chi connectivity index (χ1v) is 7.84. The third kappa shape index (κ3) is 4.01. The lowest BCUT2D eigenvalue weighted by molar-refractivity contribution is -0.118. The van der Waals surface area contributed by atoms with Crippen LogP contribution in [-0.4, -0.2) is 35.8 Å². The Morgan fingerprint density at radius 3 is 2.43 bits per heavy atom. The van der Waals surface area contributed by atoms with Crippen LogP contribution in [0.5, 0.6) is 0 Å². The molecule has 0 aliphatic carbocycles. The van der Waals surface area contributed by atoms with E-state index in [2.05, 4.69) is 10.3 Å². The lowest BCUT2D eigenvalue weighted by Gasteiger charge is -2.32. The number of rotatable bonds is 4. The summed E-state index contributed by atoms with van der Waals surface area (Å²) >= 11 is 0. The molecule has 2 heterocycles. The molecule has 1 N–H and O–H groups in total. The molecule has 124 valence electrons. The number of nitrogens with zero attached hydrogens (tertiary/aromatic N) is 1. The molecule has 1 saturated heterocycles. The van der Waals surface area contributed by atoms with Crippen molar-refractivity contribution in [2.24, 2.45) is 0 Å². The highest BCUT2D eigenvalue weighted by atomic mass is 16.7. The third-order valence-electron chi connectivity index (χ3n) is 4.47. The van der Waals surface area contributed by atoms with Gasteiger partial charge in [-0.05, 0) is 57.8 Å². The summed E-state index contributed by atoms with van der Waals surface area (Å²) in [4.78, 5) is 15.7. The third-order valence-corrected chi connectivity index (χ3v) is 4.47. The number of aryl methyl sites for hydroxylation is 1. The van der Waals surface area contributed by atoms with E-state index in [4.69, 9.17) is 9.31 Å². The van der Waals surface area contributed by atoms with Crippen molar-refractivity contribution in [3.8, 4) is 0 Å². The number of pyridine rings is 1. The molecule has 2 rings (SSSR count).